The van der Waals surface area contributed by atoms with Crippen molar-refractivity contribution in [3.63, 3.8) is 0 Å². The molecule has 1 aromatic heterocycles. The van der Waals surface area contributed by atoms with Gasteiger partial charge in [0.05, 0.1) is 11.6 Å². The van der Waals surface area contributed by atoms with E-state index in [1.54, 1.807) is 6.07 Å². The van der Waals surface area contributed by atoms with Gasteiger partial charge in [-0.15, -0.1) is 0 Å². The first-order valence-corrected chi connectivity index (χ1v) is 9.08. The van der Waals surface area contributed by atoms with Gasteiger partial charge in [-0.05, 0) is 35.0 Å². The number of rotatable bonds is 6. The highest BCUT2D eigenvalue weighted by molar-refractivity contribution is 6.31. The second-order valence-electron chi connectivity index (χ2n) is 6.51. The fourth-order valence-corrected chi connectivity index (χ4v) is 3.41. The van der Waals surface area contributed by atoms with Crippen molar-refractivity contribution in [2.45, 2.75) is 12.1 Å². The Morgan fingerprint density at radius 1 is 1.07 bits per heavy atom. The van der Waals surface area contributed by atoms with Gasteiger partial charge in [-0.2, -0.15) is 5.10 Å². The number of halogens is 1. The standard InChI is InChI=1S/C21H16ClN3O4/c22-19-10-17(29-16-6-5-14-3-1-2-4-15(14)9-16)7-8-18(19)21(28,20(26)27)11-25-13-23-12-24-25/h1-10,12-13,28H,11H2,(H,26,27). The van der Waals surface area contributed by atoms with E-state index in [0.29, 0.717) is 11.5 Å². The molecule has 0 saturated carbocycles. The Hall–Kier alpha value is -3.42. The van der Waals surface area contributed by atoms with Crippen LogP contribution in [0.15, 0.2) is 73.3 Å². The van der Waals surface area contributed by atoms with E-state index in [4.69, 9.17) is 16.3 Å². The van der Waals surface area contributed by atoms with E-state index in [-0.39, 0.29) is 17.1 Å². The number of ether oxygens (including phenoxy) is 1. The lowest BCUT2D eigenvalue weighted by Gasteiger charge is -2.25. The van der Waals surface area contributed by atoms with E-state index in [2.05, 4.69) is 10.1 Å². The van der Waals surface area contributed by atoms with Gasteiger partial charge in [-0.1, -0.05) is 48.0 Å². The summed E-state index contributed by atoms with van der Waals surface area (Å²) in [5, 5.41) is 26.4. The highest BCUT2D eigenvalue weighted by Crippen LogP contribution is 2.34. The molecule has 0 aliphatic rings. The number of fused-ring (bicyclic) bond motifs is 1. The highest BCUT2D eigenvalue weighted by atomic mass is 35.5. The third kappa shape index (κ3) is 3.78. The minimum Gasteiger partial charge on any atom is -0.479 e. The van der Waals surface area contributed by atoms with Crippen LogP contribution in [0.3, 0.4) is 0 Å². The zero-order valence-electron chi connectivity index (χ0n) is 15.1. The third-order valence-corrected chi connectivity index (χ3v) is 4.87. The van der Waals surface area contributed by atoms with Crippen LogP contribution in [0.4, 0.5) is 0 Å². The lowest BCUT2D eigenvalue weighted by Crippen LogP contribution is -2.40. The van der Waals surface area contributed by atoms with E-state index in [9.17, 15) is 15.0 Å². The quantitative estimate of drug-likeness (QED) is 0.502. The maximum Gasteiger partial charge on any atom is 0.342 e. The largest absolute Gasteiger partial charge is 0.479 e. The predicted octanol–water partition coefficient (Wildman–Crippen LogP) is 3.85. The zero-order chi connectivity index (χ0) is 20.4. The van der Waals surface area contributed by atoms with Crippen molar-refractivity contribution in [1.82, 2.24) is 14.8 Å². The molecule has 146 valence electrons. The van der Waals surface area contributed by atoms with Crippen LogP contribution >= 0.6 is 11.6 Å². The Bertz CT molecular complexity index is 1180. The highest BCUT2D eigenvalue weighted by Gasteiger charge is 2.41. The summed E-state index contributed by atoms with van der Waals surface area (Å²) in [5.74, 6) is -0.413. The molecular formula is C21H16ClN3O4. The Labute approximate surface area is 170 Å². The molecular weight excluding hydrogens is 394 g/mol. The fourth-order valence-electron chi connectivity index (χ4n) is 3.08. The molecule has 4 aromatic rings. The maximum atomic E-state index is 11.8. The number of aromatic nitrogens is 3. The molecule has 0 aliphatic heterocycles. The minimum absolute atomic E-state index is 0.0352. The van der Waals surface area contributed by atoms with E-state index >= 15 is 0 Å². The van der Waals surface area contributed by atoms with Crippen LogP contribution in [0.5, 0.6) is 11.5 Å². The molecule has 1 unspecified atom stereocenters. The summed E-state index contributed by atoms with van der Waals surface area (Å²) < 4.78 is 7.09. The average molecular weight is 410 g/mol. The van der Waals surface area contributed by atoms with Crippen LogP contribution in [-0.4, -0.2) is 30.9 Å². The molecule has 0 saturated heterocycles. The monoisotopic (exact) mass is 409 g/mol. The average Bonchev–Trinajstić information content (AvgIpc) is 3.20. The van der Waals surface area contributed by atoms with Crippen molar-refractivity contribution in [1.29, 1.82) is 0 Å². The number of aliphatic hydroxyl groups is 1. The van der Waals surface area contributed by atoms with E-state index in [1.807, 2.05) is 42.5 Å². The van der Waals surface area contributed by atoms with Crippen molar-refractivity contribution >= 4 is 28.3 Å². The zero-order valence-corrected chi connectivity index (χ0v) is 15.8. The number of hydrogen-bond donors (Lipinski definition) is 2. The number of carboxylic acids is 1. The number of aliphatic carboxylic acids is 1. The number of carbonyl (C=O) groups is 1. The van der Waals surface area contributed by atoms with Gasteiger partial charge in [-0.25, -0.2) is 14.5 Å². The summed E-state index contributed by atoms with van der Waals surface area (Å²) in [6.07, 6.45) is 2.57. The number of carboxylic acid groups (broad SMARTS) is 1. The van der Waals surface area contributed by atoms with Crippen molar-refractivity contribution in [2.24, 2.45) is 0 Å². The van der Waals surface area contributed by atoms with Crippen LogP contribution < -0.4 is 4.74 Å². The number of benzene rings is 3. The van der Waals surface area contributed by atoms with Gasteiger partial charge in [0.15, 0.2) is 0 Å². The molecule has 0 bridgehead atoms. The van der Waals surface area contributed by atoms with Gasteiger partial charge in [0.25, 0.3) is 0 Å². The van der Waals surface area contributed by atoms with E-state index in [1.165, 1.54) is 29.5 Å². The Morgan fingerprint density at radius 3 is 2.48 bits per heavy atom. The first-order valence-electron chi connectivity index (χ1n) is 8.70. The van der Waals surface area contributed by atoms with Crippen molar-refractivity contribution in [3.8, 4) is 11.5 Å². The molecule has 1 atom stereocenters. The van der Waals surface area contributed by atoms with E-state index < -0.39 is 11.6 Å². The smallest absolute Gasteiger partial charge is 0.342 e. The summed E-state index contributed by atoms with van der Waals surface area (Å²) in [7, 11) is 0. The molecule has 4 rings (SSSR count). The molecule has 29 heavy (non-hydrogen) atoms. The molecule has 3 aromatic carbocycles. The second-order valence-corrected chi connectivity index (χ2v) is 6.92. The summed E-state index contributed by atoms with van der Waals surface area (Å²) in [6.45, 7) is -0.340. The van der Waals surface area contributed by atoms with Crippen molar-refractivity contribution < 1.29 is 19.7 Å². The summed E-state index contributed by atoms with van der Waals surface area (Å²) in [4.78, 5) is 15.6. The maximum absolute atomic E-state index is 11.8. The Balaban J connectivity index is 1.63. The van der Waals surface area contributed by atoms with Gasteiger partial charge >= 0.3 is 5.97 Å². The Kier molecular flexibility index (Phi) is 4.92. The SMILES string of the molecule is O=C(O)C(O)(Cn1cncn1)c1ccc(Oc2ccc3ccccc3c2)cc1Cl. The summed E-state index contributed by atoms with van der Waals surface area (Å²) in [6, 6.07) is 18.0. The fraction of sp³-hybridized carbons (Fsp3) is 0.0952. The predicted molar refractivity (Wildman–Crippen MR) is 107 cm³/mol. The van der Waals surface area contributed by atoms with Crippen molar-refractivity contribution in [3.05, 3.63) is 83.9 Å². The third-order valence-electron chi connectivity index (χ3n) is 4.55. The first-order chi connectivity index (χ1) is 14.0. The van der Waals surface area contributed by atoms with E-state index in [0.717, 1.165) is 10.8 Å². The van der Waals surface area contributed by atoms with Crippen LogP contribution in [0.1, 0.15) is 5.56 Å². The molecule has 8 heteroatoms. The topological polar surface area (TPSA) is 97.5 Å². The van der Waals surface area contributed by atoms with Gasteiger partial charge in [0, 0.05) is 5.56 Å². The van der Waals surface area contributed by atoms with Crippen LogP contribution in [0, 0.1) is 0 Å². The Morgan fingerprint density at radius 2 is 1.79 bits per heavy atom. The lowest BCUT2D eigenvalue weighted by atomic mass is 9.93. The van der Waals surface area contributed by atoms with Gasteiger partial charge in [-0.3, -0.25) is 0 Å². The molecule has 0 aliphatic carbocycles. The van der Waals surface area contributed by atoms with Crippen LogP contribution in [-0.2, 0) is 16.9 Å². The lowest BCUT2D eigenvalue weighted by molar-refractivity contribution is -0.161. The normalized spacial score (nSPS) is 13.2. The number of nitrogens with zero attached hydrogens (tertiary/aromatic N) is 3. The molecule has 1 heterocycles. The molecule has 0 fully saturated rings. The van der Waals surface area contributed by atoms with Gasteiger partial charge in [0.1, 0.15) is 24.2 Å². The summed E-state index contributed by atoms with van der Waals surface area (Å²) >= 11 is 6.31. The molecule has 0 amide bonds. The molecule has 7 nitrogen and oxygen atoms in total. The first kappa shape index (κ1) is 18.9. The second kappa shape index (κ2) is 7.54. The minimum atomic E-state index is -2.27. The molecule has 0 radical (unpaired) electrons. The summed E-state index contributed by atoms with van der Waals surface area (Å²) in [5.41, 5.74) is -2.24. The van der Waals surface area contributed by atoms with Gasteiger partial charge in [0.2, 0.25) is 5.60 Å². The van der Waals surface area contributed by atoms with Crippen LogP contribution in [0.2, 0.25) is 5.02 Å². The molecule has 0 spiro atoms. The number of hydrogen-bond acceptors (Lipinski definition) is 5. The van der Waals surface area contributed by atoms with Gasteiger partial charge < -0.3 is 14.9 Å². The molecule has 2 N–H and O–H groups in total. The van der Waals surface area contributed by atoms with Crippen LogP contribution in [0.25, 0.3) is 10.8 Å². The van der Waals surface area contributed by atoms with Crippen molar-refractivity contribution in [2.75, 3.05) is 0 Å².